The van der Waals surface area contributed by atoms with Gasteiger partial charge < -0.3 is 21.3 Å². The second-order valence-electron chi connectivity index (χ2n) is 8.58. The maximum absolute atomic E-state index is 14.8. The molecule has 1 aromatic carbocycles. The van der Waals surface area contributed by atoms with Gasteiger partial charge in [-0.15, -0.1) is 6.58 Å². The van der Waals surface area contributed by atoms with Crippen LogP contribution in [0.2, 0.25) is 0 Å². The predicted octanol–water partition coefficient (Wildman–Crippen LogP) is 4.21. The van der Waals surface area contributed by atoms with E-state index >= 15 is 0 Å². The Hall–Kier alpha value is -3.07. The molecule has 1 aliphatic rings. The molecule has 9 heteroatoms. The Balaban J connectivity index is 1.95. The number of primary amides is 1. The number of likely N-dealkylation sites (N-methyl/N-ethyl adjacent to an activating group) is 2. The van der Waals surface area contributed by atoms with Gasteiger partial charge in [-0.3, -0.25) is 4.79 Å². The summed E-state index contributed by atoms with van der Waals surface area (Å²) in [6.07, 6.45) is 4.84. The molecular weight excluding hydrogens is 426 g/mol. The average Bonchev–Trinajstić information content (AvgIpc) is 2.78. The third-order valence-electron chi connectivity index (χ3n) is 6.22. The van der Waals surface area contributed by atoms with E-state index in [2.05, 4.69) is 34.1 Å². The Morgan fingerprint density at radius 1 is 1.45 bits per heavy atom. The van der Waals surface area contributed by atoms with E-state index < -0.39 is 23.9 Å². The fraction of sp³-hybridized carbons (Fsp3) is 0.458. The van der Waals surface area contributed by atoms with Crippen LogP contribution < -0.4 is 21.3 Å². The monoisotopic (exact) mass is 458 g/mol. The van der Waals surface area contributed by atoms with Gasteiger partial charge in [-0.1, -0.05) is 25.1 Å². The van der Waals surface area contributed by atoms with Crippen LogP contribution in [0.4, 0.5) is 26.2 Å². The van der Waals surface area contributed by atoms with Gasteiger partial charge in [0.15, 0.2) is 0 Å². The van der Waals surface area contributed by atoms with E-state index in [9.17, 15) is 13.6 Å². The molecule has 0 spiro atoms. The third kappa shape index (κ3) is 5.47. The molecule has 4 N–H and O–H groups in total. The van der Waals surface area contributed by atoms with Crippen molar-refractivity contribution in [2.45, 2.75) is 56.5 Å². The van der Waals surface area contributed by atoms with Crippen LogP contribution in [-0.2, 0) is 0 Å². The molecule has 1 heterocycles. The summed E-state index contributed by atoms with van der Waals surface area (Å²) >= 11 is 0. The highest BCUT2D eigenvalue weighted by Crippen LogP contribution is 2.38. The fourth-order valence-corrected chi connectivity index (χ4v) is 4.40. The van der Waals surface area contributed by atoms with E-state index in [1.54, 1.807) is 14.1 Å². The van der Waals surface area contributed by atoms with E-state index in [-0.39, 0.29) is 29.7 Å². The highest BCUT2D eigenvalue weighted by molar-refractivity contribution is 5.98. The first-order valence-electron chi connectivity index (χ1n) is 11.1. The maximum Gasteiger partial charge on any atom is 0.269 e. The van der Waals surface area contributed by atoms with Gasteiger partial charge in [0.25, 0.3) is 11.8 Å². The van der Waals surface area contributed by atoms with Gasteiger partial charge in [0, 0.05) is 31.4 Å². The quantitative estimate of drug-likeness (QED) is 0.487. The SMILES string of the molecule is C=CCC(C)c1cccc(Nc2nc(N(C)C3C(NC)CCCC3(F)F)ncc2C(N)=O)c1. The van der Waals surface area contributed by atoms with Crippen LogP contribution in [-0.4, -0.2) is 48.0 Å². The lowest BCUT2D eigenvalue weighted by Gasteiger charge is -2.42. The molecule has 0 saturated heterocycles. The molecule has 7 nitrogen and oxygen atoms in total. The number of aromatic nitrogens is 2. The van der Waals surface area contributed by atoms with E-state index in [0.717, 1.165) is 12.0 Å². The number of nitrogens with zero attached hydrogens (tertiary/aromatic N) is 3. The van der Waals surface area contributed by atoms with Crippen molar-refractivity contribution < 1.29 is 13.6 Å². The number of alkyl halides is 2. The van der Waals surface area contributed by atoms with Crippen molar-refractivity contribution in [3.8, 4) is 0 Å². The summed E-state index contributed by atoms with van der Waals surface area (Å²) in [4.78, 5) is 22.0. The van der Waals surface area contributed by atoms with Crippen molar-refractivity contribution in [1.82, 2.24) is 15.3 Å². The van der Waals surface area contributed by atoms with Crippen LogP contribution in [0.1, 0.15) is 54.4 Å². The fourth-order valence-electron chi connectivity index (χ4n) is 4.40. The summed E-state index contributed by atoms with van der Waals surface area (Å²) in [5.41, 5.74) is 7.40. The van der Waals surface area contributed by atoms with Crippen LogP contribution >= 0.6 is 0 Å². The molecule has 1 amide bonds. The lowest BCUT2D eigenvalue weighted by Crippen LogP contribution is -2.60. The molecule has 3 unspecified atom stereocenters. The minimum atomic E-state index is -2.91. The number of amides is 1. The minimum absolute atomic E-state index is 0.0808. The predicted molar refractivity (Wildman–Crippen MR) is 127 cm³/mol. The summed E-state index contributed by atoms with van der Waals surface area (Å²) in [5.74, 6) is -3.09. The zero-order chi connectivity index (χ0) is 24.2. The molecule has 3 rings (SSSR count). The number of hydrogen-bond acceptors (Lipinski definition) is 6. The first-order valence-corrected chi connectivity index (χ1v) is 11.1. The van der Waals surface area contributed by atoms with Crippen LogP contribution in [0, 0.1) is 0 Å². The number of halogens is 2. The summed E-state index contributed by atoms with van der Waals surface area (Å²) in [5, 5.41) is 6.13. The van der Waals surface area contributed by atoms with Gasteiger partial charge in [0.1, 0.15) is 17.4 Å². The molecule has 0 aliphatic heterocycles. The van der Waals surface area contributed by atoms with Gasteiger partial charge in [-0.2, -0.15) is 4.98 Å². The molecule has 1 saturated carbocycles. The Kier molecular flexibility index (Phi) is 7.63. The van der Waals surface area contributed by atoms with Crippen LogP contribution in [0.15, 0.2) is 43.1 Å². The molecular formula is C24H32F2N6O. The molecule has 1 fully saturated rings. The van der Waals surface area contributed by atoms with Gasteiger partial charge in [-0.25, -0.2) is 13.8 Å². The van der Waals surface area contributed by atoms with Crippen molar-refractivity contribution in [3.05, 3.63) is 54.2 Å². The first-order chi connectivity index (χ1) is 15.7. The minimum Gasteiger partial charge on any atom is -0.365 e. The Bertz CT molecular complexity index is 999. The lowest BCUT2D eigenvalue weighted by molar-refractivity contribution is -0.0632. The molecule has 178 valence electrons. The van der Waals surface area contributed by atoms with Gasteiger partial charge >= 0.3 is 0 Å². The molecule has 1 aliphatic carbocycles. The number of nitrogens with one attached hydrogen (secondary N) is 2. The Morgan fingerprint density at radius 2 is 2.21 bits per heavy atom. The van der Waals surface area contributed by atoms with E-state index in [4.69, 9.17) is 5.73 Å². The maximum atomic E-state index is 14.8. The number of hydrogen-bond donors (Lipinski definition) is 3. The van der Waals surface area contributed by atoms with Gasteiger partial charge in [-0.05, 0) is 49.9 Å². The zero-order valence-electron chi connectivity index (χ0n) is 19.3. The van der Waals surface area contributed by atoms with Crippen molar-refractivity contribution in [2.75, 3.05) is 24.3 Å². The van der Waals surface area contributed by atoms with E-state index in [1.165, 1.54) is 11.1 Å². The first kappa shape index (κ1) is 24.6. The smallest absolute Gasteiger partial charge is 0.269 e. The van der Waals surface area contributed by atoms with Gasteiger partial charge in [0.05, 0.1) is 0 Å². The zero-order valence-corrected chi connectivity index (χ0v) is 19.3. The average molecular weight is 459 g/mol. The van der Waals surface area contributed by atoms with E-state index in [1.807, 2.05) is 30.3 Å². The normalized spacial score (nSPS) is 20.6. The molecule has 0 radical (unpaired) electrons. The lowest BCUT2D eigenvalue weighted by atomic mass is 9.86. The second kappa shape index (κ2) is 10.2. The number of nitrogens with two attached hydrogens (primary N) is 1. The van der Waals surface area contributed by atoms with Crippen molar-refractivity contribution in [1.29, 1.82) is 0 Å². The van der Waals surface area contributed by atoms with Crippen LogP contribution in [0.25, 0.3) is 0 Å². The number of carbonyl (C=O) groups excluding carboxylic acids is 1. The van der Waals surface area contributed by atoms with Crippen molar-refractivity contribution in [2.24, 2.45) is 5.73 Å². The third-order valence-corrected chi connectivity index (χ3v) is 6.22. The van der Waals surface area contributed by atoms with Crippen LogP contribution in [0.5, 0.6) is 0 Å². The number of carbonyl (C=O) groups is 1. The highest BCUT2D eigenvalue weighted by atomic mass is 19.3. The summed E-state index contributed by atoms with van der Waals surface area (Å²) in [6, 6.07) is 6.17. The molecule has 1 aromatic heterocycles. The van der Waals surface area contributed by atoms with Crippen molar-refractivity contribution in [3.63, 3.8) is 0 Å². The summed E-state index contributed by atoms with van der Waals surface area (Å²) in [6.45, 7) is 5.88. The van der Waals surface area contributed by atoms with Gasteiger partial charge in [0.2, 0.25) is 5.95 Å². The number of rotatable bonds is 9. The largest absolute Gasteiger partial charge is 0.365 e. The highest BCUT2D eigenvalue weighted by Gasteiger charge is 2.49. The van der Waals surface area contributed by atoms with E-state index in [0.29, 0.717) is 18.5 Å². The number of allylic oxidation sites excluding steroid dienone is 1. The Labute approximate surface area is 193 Å². The van der Waals surface area contributed by atoms with Crippen LogP contribution in [0.3, 0.4) is 0 Å². The van der Waals surface area contributed by atoms with Crippen molar-refractivity contribution >= 4 is 23.4 Å². The molecule has 0 bridgehead atoms. The Morgan fingerprint density at radius 3 is 2.88 bits per heavy atom. The summed E-state index contributed by atoms with van der Waals surface area (Å²) < 4.78 is 29.7. The number of anilines is 3. The standard InChI is InChI=1S/C24H32F2N6O/c1-5-8-15(2)16-9-6-10-17(13-16)30-22-18(21(27)33)14-29-23(31-22)32(4)20-19(28-3)11-7-12-24(20,25)26/h5-6,9-10,13-15,19-20,28H,1,7-8,11-12H2,2-4H3,(H2,27,33)(H,29,30,31). The molecule has 33 heavy (non-hydrogen) atoms. The summed E-state index contributed by atoms with van der Waals surface area (Å²) in [7, 11) is 3.23. The topological polar surface area (TPSA) is 96.2 Å². The second-order valence-corrected chi connectivity index (χ2v) is 8.58. The number of benzene rings is 1. The molecule has 2 aromatic rings. The molecule has 3 atom stereocenters.